The average Bonchev–Trinajstić information content (AvgIpc) is 3.42. The number of para-hydroxylation sites is 2. The molecule has 0 aliphatic carbocycles. The first-order valence-electron chi connectivity index (χ1n) is 9.58. The average molecular weight is 385 g/mol. The van der Waals surface area contributed by atoms with Crippen molar-refractivity contribution in [2.24, 2.45) is 4.99 Å². The van der Waals surface area contributed by atoms with Gasteiger partial charge in [0.25, 0.3) is 0 Å². The molecule has 0 amide bonds. The first kappa shape index (κ1) is 16.3. The first-order valence-corrected chi connectivity index (χ1v) is 9.58. The van der Waals surface area contributed by atoms with Crippen molar-refractivity contribution in [3.8, 4) is 0 Å². The van der Waals surface area contributed by atoms with Gasteiger partial charge in [-0.25, -0.2) is 9.98 Å². The minimum Gasteiger partial charge on any atom is -0.468 e. The van der Waals surface area contributed by atoms with E-state index < -0.39 is 0 Å². The fourth-order valence-corrected chi connectivity index (χ4v) is 3.98. The highest BCUT2D eigenvalue weighted by Gasteiger charge is 2.36. The van der Waals surface area contributed by atoms with Crippen LogP contribution in [0.5, 0.6) is 0 Å². The SMILES string of the molecule is c1ccc(C2NC3=NCN(Cc4ccco4)CN3c3nc4ccccc4n32)nc1. The van der Waals surface area contributed by atoms with Gasteiger partial charge in [0, 0.05) is 6.20 Å². The number of hydrogen-bond acceptors (Lipinski definition) is 7. The summed E-state index contributed by atoms with van der Waals surface area (Å²) < 4.78 is 7.71. The first-order chi connectivity index (χ1) is 14.4. The fraction of sp³-hybridized carbons (Fsp3) is 0.190. The van der Waals surface area contributed by atoms with Crippen molar-refractivity contribution in [1.29, 1.82) is 0 Å². The highest BCUT2D eigenvalue weighted by atomic mass is 16.3. The summed E-state index contributed by atoms with van der Waals surface area (Å²) in [6.07, 6.45) is 3.36. The second-order valence-corrected chi connectivity index (χ2v) is 7.17. The van der Waals surface area contributed by atoms with Crippen LogP contribution < -0.4 is 10.2 Å². The van der Waals surface area contributed by atoms with Crippen LogP contribution in [-0.2, 0) is 6.54 Å². The van der Waals surface area contributed by atoms with E-state index in [9.17, 15) is 0 Å². The molecular formula is C21H19N7O. The number of fused-ring (bicyclic) bond motifs is 5. The van der Waals surface area contributed by atoms with Crippen LogP contribution in [0, 0.1) is 0 Å². The molecule has 0 saturated heterocycles. The lowest BCUT2D eigenvalue weighted by Crippen LogP contribution is -2.57. The molecule has 6 rings (SSSR count). The highest BCUT2D eigenvalue weighted by Crippen LogP contribution is 2.33. The lowest BCUT2D eigenvalue weighted by molar-refractivity contribution is 0.242. The third-order valence-electron chi connectivity index (χ3n) is 5.29. The van der Waals surface area contributed by atoms with E-state index in [-0.39, 0.29) is 6.17 Å². The molecule has 0 radical (unpaired) electrons. The van der Waals surface area contributed by atoms with Crippen LogP contribution in [0.25, 0.3) is 11.0 Å². The van der Waals surface area contributed by atoms with Crippen LogP contribution in [-0.4, -0.2) is 38.7 Å². The monoisotopic (exact) mass is 385 g/mol. The Hall–Kier alpha value is -3.65. The van der Waals surface area contributed by atoms with Crippen molar-refractivity contribution in [3.05, 3.63) is 78.5 Å². The number of hydrogen-bond donors (Lipinski definition) is 1. The molecule has 144 valence electrons. The Morgan fingerprint density at radius 1 is 1.07 bits per heavy atom. The van der Waals surface area contributed by atoms with Gasteiger partial charge in [-0.2, -0.15) is 0 Å². The topological polar surface area (TPSA) is 74.7 Å². The zero-order valence-electron chi connectivity index (χ0n) is 15.6. The number of aromatic nitrogens is 3. The van der Waals surface area contributed by atoms with E-state index in [0.717, 1.165) is 34.4 Å². The molecule has 3 aromatic heterocycles. The van der Waals surface area contributed by atoms with E-state index in [0.29, 0.717) is 19.9 Å². The number of imidazole rings is 1. The van der Waals surface area contributed by atoms with E-state index in [4.69, 9.17) is 14.4 Å². The number of pyridine rings is 1. The Morgan fingerprint density at radius 2 is 2.00 bits per heavy atom. The predicted octanol–water partition coefficient (Wildman–Crippen LogP) is 2.77. The Bertz CT molecular complexity index is 1180. The molecule has 0 spiro atoms. The number of furan rings is 1. The lowest BCUT2D eigenvalue weighted by atomic mass is 10.2. The second kappa shape index (κ2) is 6.46. The molecule has 0 saturated carbocycles. The van der Waals surface area contributed by atoms with E-state index in [1.54, 1.807) is 6.26 Å². The van der Waals surface area contributed by atoms with Gasteiger partial charge in [-0.15, -0.1) is 0 Å². The molecule has 8 nitrogen and oxygen atoms in total. The molecular weight excluding hydrogens is 366 g/mol. The maximum Gasteiger partial charge on any atom is 0.216 e. The van der Waals surface area contributed by atoms with E-state index in [1.165, 1.54) is 0 Å². The Balaban J connectivity index is 1.44. The standard InChI is InChI=1S/C21H19N7O/c1-2-9-18-16(7-1)24-21-27-14-26(12-15-6-5-11-29-15)13-23-20(27)25-19(28(18)21)17-8-3-4-10-22-17/h1-11,19H,12-14H2,(H,23,25). The number of aliphatic imine (C=N–C) groups is 1. The number of anilines is 1. The van der Waals surface area contributed by atoms with Gasteiger partial charge in [0.1, 0.15) is 5.76 Å². The van der Waals surface area contributed by atoms with Crippen LogP contribution in [0.3, 0.4) is 0 Å². The Morgan fingerprint density at radius 3 is 2.86 bits per heavy atom. The Kier molecular flexibility index (Phi) is 3.63. The summed E-state index contributed by atoms with van der Waals surface area (Å²) >= 11 is 0. The van der Waals surface area contributed by atoms with E-state index >= 15 is 0 Å². The van der Waals surface area contributed by atoms with Crippen molar-refractivity contribution >= 4 is 22.9 Å². The highest BCUT2D eigenvalue weighted by molar-refractivity contribution is 5.98. The van der Waals surface area contributed by atoms with Gasteiger partial charge in [0.05, 0.1) is 42.9 Å². The number of benzene rings is 1. The van der Waals surface area contributed by atoms with Crippen molar-refractivity contribution in [2.45, 2.75) is 12.7 Å². The summed E-state index contributed by atoms with van der Waals surface area (Å²) in [6.45, 7) is 1.96. The lowest BCUT2D eigenvalue weighted by Gasteiger charge is -2.41. The summed E-state index contributed by atoms with van der Waals surface area (Å²) in [7, 11) is 0. The van der Waals surface area contributed by atoms with Gasteiger partial charge >= 0.3 is 0 Å². The summed E-state index contributed by atoms with van der Waals surface area (Å²) in [5, 5.41) is 3.57. The zero-order chi connectivity index (χ0) is 19.2. The van der Waals surface area contributed by atoms with E-state index in [1.807, 2.05) is 54.7 Å². The molecule has 1 aromatic carbocycles. The van der Waals surface area contributed by atoms with Crippen LogP contribution in [0.1, 0.15) is 17.6 Å². The summed E-state index contributed by atoms with van der Waals surface area (Å²) in [5.41, 5.74) is 2.94. The minimum atomic E-state index is -0.162. The van der Waals surface area contributed by atoms with Crippen LogP contribution >= 0.6 is 0 Å². The molecule has 1 unspecified atom stereocenters. The maximum absolute atomic E-state index is 5.51. The normalized spacial score (nSPS) is 18.8. The van der Waals surface area contributed by atoms with E-state index in [2.05, 4.69) is 30.7 Å². The molecule has 8 heteroatoms. The Labute approximate surface area is 167 Å². The molecule has 0 bridgehead atoms. The number of nitrogens with one attached hydrogen (secondary N) is 1. The molecule has 2 aliphatic rings. The molecule has 1 N–H and O–H groups in total. The third kappa shape index (κ3) is 2.68. The van der Waals surface area contributed by atoms with Gasteiger partial charge in [-0.3, -0.25) is 19.4 Å². The maximum atomic E-state index is 5.51. The zero-order valence-corrected chi connectivity index (χ0v) is 15.6. The summed E-state index contributed by atoms with van der Waals surface area (Å²) in [6, 6.07) is 18.0. The minimum absolute atomic E-state index is 0.162. The molecule has 4 aromatic rings. The molecule has 5 heterocycles. The molecule has 29 heavy (non-hydrogen) atoms. The van der Waals surface area contributed by atoms with Gasteiger partial charge in [-0.05, 0) is 36.4 Å². The number of rotatable bonds is 3. The fourth-order valence-electron chi connectivity index (χ4n) is 3.98. The van der Waals surface area contributed by atoms with Gasteiger partial charge < -0.3 is 9.73 Å². The van der Waals surface area contributed by atoms with Crippen molar-refractivity contribution in [1.82, 2.24) is 24.8 Å². The number of nitrogens with zero attached hydrogens (tertiary/aromatic N) is 6. The smallest absolute Gasteiger partial charge is 0.216 e. The molecule has 0 fully saturated rings. The van der Waals surface area contributed by atoms with Gasteiger partial charge in [0.15, 0.2) is 6.17 Å². The predicted molar refractivity (Wildman–Crippen MR) is 109 cm³/mol. The largest absolute Gasteiger partial charge is 0.468 e. The quantitative estimate of drug-likeness (QED) is 0.585. The molecule has 2 aliphatic heterocycles. The summed E-state index contributed by atoms with van der Waals surface area (Å²) in [5.74, 6) is 2.61. The van der Waals surface area contributed by atoms with Crippen LogP contribution in [0.4, 0.5) is 5.95 Å². The third-order valence-corrected chi connectivity index (χ3v) is 5.29. The van der Waals surface area contributed by atoms with Gasteiger partial charge in [-0.1, -0.05) is 18.2 Å². The molecule has 1 atom stereocenters. The van der Waals surface area contributed by atoms with Crippen LogP contribution in [0.15, 0.2) is 76.5 Å². The van der Waals surface area contributed by atoms with Crippen molar-refractivity contribution < 1.29 is 4.42 Å². The van der Waals surface area contributed by atoms with Gasteiger partial charge in [0.2, 0.25) is 11.9 Å². The summed E-state index contributed by atoms with van der Waals surface area (Å²) in [4.78, 5) is 18.6. The van der Waals surface area contributed by atoms with Crippen molar-refractivity contribution in [3.63, 3.8) is 0 Å². The second-order valence-electron chi connectivity index (χ2n) is 7.17. The van der Waals surface area contributed by atoms with Crippen molar-refractivity contribution in [2.75, 3.05) is 18.2 Å². The number of guanidine groups is 1. The van der Waals surface area contributed by atoms with Crippen LogP contribution in [0.2, 0.25) is 0 Å².